The van der Waals surface area contributed by atoms with E-state index in [0.29, 0.717) is 23.4 Å². The number of amides is 2. The second-order valence-electron chi connectivity index (χ2n) is 8.44. The van der Waals surface area contributed by atoms with Crippen LogP contribution in [0.25, 0.3) is 5.69 Å². The second kappa shape index (κ2) is 10.2. The van der Waals surface area contributed by atoms with Crippen LogP contribution in [0.5, 0.6) is 0 Å². The smallest absolute Gasteiger partial charge is 0.251 e. The zero-order valence-corrected chi connectivity index (χ0v) is 19.8. The summed E-state index contributed by atoms with van der Waals surface area (Å²) in [6.45, 7) is 0.427. The molecule has 2 heterocycles. The summed E-state index contributed by atoms with van der Waals surface area (Å²) in [5.74, 6) is -0.791. The maximum Gasteiger partial charge on any atom is 0.251 e. The third kappa shape index (κ3) is 5.63. The van der Waals surface area contributed by atoms with Crippen molar-refractivity contribution in [3.8, 4) is 5.69 Å². The van der Waals surface area contributed by atoms with E-state index in [9.17, 15) is 14.0 Å². The molecule has 9 heteroatoms. The van der Waals surface area contributed by atoms with Crippen molar-refractivity contribution in [2.24, 2.45) is 0 Å². The number of hydrogen-bond acceptors (Lipinski definition) is 5. The van der Waals surface area contributed by atoms with Gasteiger partial charge in [-0.05, 0) is 67.6 Å². The lowest BCUT2D eigenvalue weighted by molar-refractivity contribution is -0.115. The molecule has 7 nitrogen and oxygen atoms in total. The van der Waals surface area contributed by atoms with Crippen molar-refractivity contribution in [2.45, 2.75) is 38.6 Å². The summed E-state index contributed by atoms with van der Waals surface area (Å²) >= 11 is 1.70. The highest BCUT2D eigenvalue weighted by Gasteiger charge is 2.16. The highest BCUT2D eigenvalue weighted by atomic mass is 32.1. The van der Waals surface area contributed by atoms with E-state index in [1.807, 2.05) is 0 Å². The summed E-state index contributed by atoms with van der Waals surface area (Å²) in [5, 5.41) is 10.9. The Morgan fingerprint density at radius 2 is 1.91 bits per heavy atom. The summed E-state index contributed by atoms with van der Waals surface area (Å²) in [6.07, 6.45) is 7.82. The number of anilines is 1. The molecule has 35 heavy (non-hydrogen) atoms. The van der Waals surface area contributed by atoms with Gasteiger partial charge in [0.1, 0.15) is 10.8 Å². The normalized spacial score (nSPS) is 12.7. The first kappa shape index (κ1) is 22.9. The highest BCUT2D eigenvalue weighted by molar-refractivity contribution is 7.11. The maximum absolute atomic E-state index is 13.3. The number of thiazole rings is 1. The van der Waals surface area contributed by atoms with Crippen LogP contribution in [-0.4, -0.2) is 26.6 Å². The number of rotatable bonds is 7. The number of fused-ring (bicyclic) bond motifs is 1. The molecule has 4 aromatic rings. The molecule has 2 aromatic heterocycles. The molecule has 1 aliphatic carbocycles. The standard InChI is InChI=1S/C26H24FN5O2S/c27-19-5-3-4-17(12-19)13-24(33)30-20-14-29-32(16-20)21-10-8-18(9-11-21)26(34)28-15-25-31-22-6-1-2-7-23(22)35-25/h3-5,8-12,14,16H,1-2,6-7,13,15H2,(H,28,34)(H,30,33). The van der Waals surface area contributed by atoms with Crippen molar-refractivity contribution in [3.05, 3.63) is 93.4 Å². The Morgan fingerprint density at radius 3 is 2.71 bits per heavy atom. The van der Waals surface area contributed by atoms with Gasteiger partial charge in [-0.3, -0.25) is 9.59 Å². The van der Waals surface area contributed by atoms with Gasteiger partial charge in [0.05, 0.1) is 42.4 Å². The topological polar surface area (TPSA) is 88.9 Å². The van der Waals surface area contributed by atoms with Crippen LogP contribution in [0.2, 0.25) is 0 Å². The van der Waals surface area contributed by atoms with E-state index < -0.39 is 0 Å². The van der Waals surface area contributed by atoms with E-state index in [4.69, 9.17) is 0 Å². The first-order valence-electron chi connectivity index (χ1n) is 11.5. The van der Waals surface area contributed by atoms with E-state index in [2.05, 4.69) is 20.7 Å². The summed E-state index contributed by atoms with van der Waals surface area (Å²) < 4.78 is 14.9. The Morgan fingerprint density at radius 1 is 1.09 bits per heavy atom. The van der Waals surface area contributed by atoms with Crippen molar-refractivity contribution in [3.63, 3.8) is 0 Å². The molecule has 1 aliphatic rings. The van der Waals surface area contributed by atoms with Crippen LogP contribution < -0.4 is 10.6 Å². The van der Waals surface area contributed by atoms with E-state index in [0.717, 1.165) is 23.5 Å². The molecular weight excluding hydrogens is 465 g/mol. The number of aryl methyl sites for hydroxylation is 2. The van der Waals surface area contributed by atoms with E-state index in [1.165, 1.54) is 41.7 Å². The van der Waals surface area contributed by atoms with Crippen LogP contribution in [0.15, 0.2) is 60.9 Å². The Hall–Kier alpha value is -3.85. The van der Waals surface area contributed by atoms with Gasteiger partial charge in [0, 0.05) is 10.4 Å². The molecule has 5 rings (SSSR count). The van der Waals surface area contributed by atoms with E-state index in [1.54, 1.807) is 58.6 Å². The lowest BCUT2D eigenvalue weighted by Gasteiger charge is -2.06. The Balaban J connectivity index is 1.16. The molecule has 0 fully saturated rings. The molecule has 178 valence electrons. The number of hydrogen-bond donors (Lipinski definition) is 2. The molecular formula is C26H24FN5O2S. The highest BCUT2D eigenvalue weighted by Crippen LogP contribution is 2.26. The molecule has 0 unspecified atom stereocenters. The Labute approximate surface area is 206 Å². The van der Waals surface area contributed by atoms with E-state index in [-0.39, 0.29) is 24.1 Å². The number of nitrogens with zero attached hydrogens (tertiary/aromatic N) is 3. The Kier molecular flexibility index (Phi) is 6.67. The lowest BCUT2D eigenvalue weighted by Crippen LogP contribution is -2.22. The number of aromatic nitrogens is 3. The number of carbonyl (C=O) groups excluding carboxylic acids is 2. The van der Waals surface area contributed by atoms with Crippen LogP contribution in [-0.2, 0) is 30.6 Å². The predicted molar refractivity (Wildman–Crippen MR) is 132 cm³/mol. The van der Waals surface area contributed by atoms with Gasteiger partial charge in [-0.1, -0.05) is 12.1 Å². The second-order valence-corrected chi connectivity index (χ2v) is 9.61. The summed E-state index contributed by atoms with van der Waals surface area (Å²) in [7, 11) is 0. The average Bonchev–Trinajstić information content (AvgIpc) is 3.49. The molecule has 2 aromatic carbocycles. The number of nitrogens with one attached hydrogen (secondary N) is 2. The molecule has 0 saturated carbocycles. The van der Waals surface area contributed by atoms with Crippen molar-refractivity contribution in [1.82, 2.24) is 20.1 Å². The fourth-order valence-corrected chi connectivity index (χ4v) is 5.17. The minimum atomic E-state index is -0.373. The molecule has 0 aliphatic heterocycles. The average molecular weight is 490 g/mol. The number of carbonyl (C=O) groups is 2. The van der Waals surface area contributed by atoms with E-state index >= 15 is 0 Å². The maximum atomic E-state index is 13.3. The molecule has 0 spiro atoms. The fourth-order valence-electron chi connectivity index (χ4n) is 4.07. The Bertz CT molecular complexity index is 1340. The first-order valence-corrected chi connectivity index (χ1v) is 12.3. The van der Waals surface area contributed by atoms with Gasteiger partial charge in [0.25, 0.3) is 5.91 Å². The molecule has 0 saturated heterocycles. The SMILES string of the molecule is O=C(Cc1cccc(F)c1)Nc1cnn(-c2ccc(C(=O)NCc3nc4c(s3)CCCC4)cc2)c1. The van der Waals surface area contributed by atoms with Crippen molar-refractivity contribution in [1.29, 1.82) is 0 Å². The molecule has 0 bridgehead atoms. The van der Waals surface area contributed by atoms with Gasteiger partial charge in [0.2, 0.25) is 5.91 Å². The molecule has 2 N–H and O–H groups in total. The molecule has 0 radical (unpaired) electrons. The summed E-state index contributed by atoms with van der Waals surface area (Å²) in [6, 6.07) is 13.0. The van der Waals surface area contributed by atoms with Crippen molar-refractivity contribution >= 4 is 28.8 Å². The van der Waals surface area contributed by atoms with Crippen LogP contribution in [0.3, 0.4) is 0 Å². The lowest BCUT2D eigenvalue weighted by atomic mass is 10.0. The van der Waals surface area contributed by atoms with Crippen LogP contribution in [0.4, 0.5) is 10.1 Å². The largest absolute Gasteiger partial charge is 0.346 e. The van der Waals surface area contributed by atoms with Gasteiger partial charge >= 0.3 is 0 Å². The van der Waals surface area contributed by atoms with Gasteiger partial charge in [-0.25, -0.2) is 14.1 Å². The van der Waals surface area contributed by atoms with Crippen LogP contribution >= 0.6 is 11.3 Å². The van der Waals surface area contributed by atoms with Crippen LogP contribution in [0.1, 0.15) is 44.3 Å². The third-order valence-electron chi connectivity index (χ3n) is 5.80. The van der Waals surface area contributed by atoms with Gasteiger partial charge in [-0.2, -0.15) is 5.10 Å². The van der Waals surface area contributed by atoms with Crippen LogP contribution in [0, 0.1) is 5.82 Å². The predicted octanol–water partition coefficient (Wildman–Crippen LogP) is 4.46. The third-order valence-corrected chi connectivity index (χ3v) is 6.96. The molecule has 2 amide bonds. The first-order chi connectivity index (χ1) is 17.0. The number of halogens is 1. The number of benzene rings is 2. The quantitative estimate of drug-likeness (QED) is 0.401. The summed E-state index contributed by atoms with van der Waals surface area (Å²) in [5.41, 5.74) is 3.61. The minimum absolute atomic E-state index is 0.0658. The monoisotopic (exact) mass is 489 g/mol. The fraction of sp³-hybridized carbons (Fsp3) is 0.231. The molecule has 0 atom stereocenters. The zero-order valence-electron chi connectivity index (χ0n) is 19.0. The van der Waals surface area contributed by atoms with Gasteiger partial charge in [-0.15, -0.1) is 11.3 Å². The van der Waals surface area contributed by atoms with Gasteiger partial charge < -0.3 is 10.6 Å². The van der Waals surface area contributed by atoms with Crippen molar-refractivity contribution in [2.75, 3.05) is 5.32 Å². The zero-order chi connectivity index (χ0) is 24.2. The minimum Gasteiger partial charge on any atom is -0.346 e. The van der Waals surface area contributed by atoms with Gasteiger partial charge in [0.15, 0.2) is 0 Å². The van der Waals surface area contributed by atoms with Crippen molar-refractivity contribution < 1.29 is 14.0 Å². The summed E-state index contributed by atoms with van der Waals surface area (Å²) in [4.78, 5) is 30.9.